The number of furan rings is 1. The maximum absolute atomic E-state index is 14.0. The van der Waals surface area contributed by atoms with Gasteiger partial charge in [-0.3, -0.25) is 45.9 Å². The van der Waals surface area contributed by atoms with Crippen molar-refractivity contribution in [3.63, 3.8) is 0 Å². The number of halogens is 1. The third-order valence-corrected chi connectivity index (χ3v) is 29.9. The molecule has 1 saturated carbocycles. The summed E-state index contributed by atoms with van der Waals surface area (Å²) in [6.45, 7) is 52.6. The Kier molecular flexibility index (Phi) is 54.3. The Morgan fingerprint density at radius 2 is 0.884 bits per heavy atom. The lowest BCUT2D eigenvalue weighted by molar-refractivity contribution is -0.122. The molecule has 0 spiro atoms. The van der Waals surface area contributed by atoms with E-state index in [1.165, 1.54) is 87.6 Å². The molecule has 13 rings (SSSR count). The van der Waals surface area contributed by atoms with Crippen LogP contribution < -0.4 is 35.2 Å². The zero-order chi connectivity index (χ0) is 111. The van der Waals surface area contributed by atoms with Gasteiger partial charge in [0.2, 0.25) is 14.7 Å². The van der Waals surface area contributed by atoms with Crippen molar-refractivity contribution in [2.75, 3.05) is 173 Å². The number of alkyl carbamates (subject to hydrolysis) is 1. The number of carbonyl (C=O) groups is 2. The lowest BCUT2D eigenvalue weighted by Crippen LogP contribution is -2.29. The third-order valence-electron chi connectivity index (χ3n) is 20.5. The van der Waals surface area contributed by atoms with Gasteiger partial charge in [-0.1, -0.05) is 214 Å². The second-order valence-corrected chi connectivity index (χ2v) is 66.7. The number of para-hydroxylation sites is 1. The fraction of sp³-hybridized carbons (Fsp3) is 0.413. The SMILES string of the molecule is COC(=O)NC(CCOP(C)(C)=O)c1ccc(C)cc1F.COP(C)(=O)c1ccc(C)cc1.COc1ccc(C)cc1COP(C)(C)=O.Cc1cc2cccc(OP(C)(C)=O)c2o1.Cc1ccc(C(OP(C)(C)=O)C2CC2)cc1.Cc1ccc(COP(C)(C)=O)cc1.Cc1ccc(OCCOP(C)(C)=O)cc1.Cc1ccc(P(C)(C)=O)cc1.Cc1ccc2c(c1)C(OP(C)(C)=O)C(=O)N2.Cc1cccc(COP(C)(C)=O)c1. The molecule has 1 aromatic heterocycles. The number of hydrogen-bond donors (Lipinski definition) is 2. The van der Waals surface area contributed by atoms with Crippen LogP contribution in [0, 0.1) is 81.0 Å². The number of rotatable bonds is 32. The molecule has 2 heterocycles. The number of carbonyl (C=O) groups excluding carboxylic acids is 2. The average Bonchev–Trinajstić information content (AvgIpc) is 1.65. The Balaban J connectivity index is 0.000000342. The molecule has 38 heteroatoms. The minimum absolute atomic E-state index is 0.0291. The Hall–Kier alpha value is -8.21. The van der Waals surface area contributed by atoms with Crippen LogP contribution in [0.15, 0.2) is 229 Å². The first-order valence-corrected chi connectivity index (χ1v) is 72.3. The summed E-state index contributed by atoms with van der Waals surface area (Å²) in [5.74, 6) is 2.87. The van der Waals surface area contributed by atoms with E-state index in [2.05, 4.69) is 46.6 Å². The van der Waals surface area contributed by atoms with Crippen molar-refractivity contribution >= 4 is 113 Å². The summed E-state index contributed by atoms with van der Waals surface area (Å²) >= 11 is 0. The van der Waals surface area contributed by atoms with Gasteiger partial charge in [-0.25, -0.2) is 9.18 Å². The summed E-state index contributed by atoms with van der Waals surface area (Å²) in [5, 5.41) is 7.98. The minimum atomic E-state index is -2.68. The molecule has 147 heavy (non-hydrogen) atoms. The van der Waals surface area contributed by atoms with Crippen LogP contribution >= 0.6 is 73.5 Å². The first-order chi connectivity index (χ1) is 67.9. The summed E-state index contributed by atoms with van der Waals surface area (Å²) < 4.78 is 197. The van der Waals surface area contributed by atoms with Gasteiger partial charge in [0.15, 0.2) is 69.0 Å². The van der Waals surface area contributed by atoms with Crippen molar-refractivity contribution < 1.29 is 119 Å². The van der Waals surface area contributed by atoms with Crippen molar-refractivity contribution in [2.24, 2.45) is 5.92 Å². The van der Waals surface area contributed by atoms with Crippen LogP contribution in [-0.4, -0.2) is 180 Å². The molecule has 0 bridgehead atoms. The number of methoxy groups -OCH3 is 2. The van der Waals surface area contributed by atoms with Gasteiger partial charge >= 0.3 is 6.09 Å². The van der Waals surface area contributed by atoms with E-state index in [1.807, 2.05) is 231 Å². The average molecular weight is 2220 g/mol. The lowest BCUT2D eigenvalue weighted by Gasteiger charge is -2.20. The Morgan fingerprint density at radius 3 is 1.36 bits per heavy atom. The summed E-state index contributed by atoms with van der Waals surface area (Å²) in [6, 6.07) is 70.8. The number of fused-ring (bicyclic) bond motifs is 2. The van der Waals surface area contributed by atoms with Crippen LogP contribution in [-0.2, 0) is 111 Å². The van der Waals surface area contributed by atoms with E-state index < -0.39 is 97.5 Å². The number of ether oxygens (including phenoxy) is 3. The van der Waals surface area contributed by atoms with Gasteiger partial charge in [0.1, 0.15) is 36.8 Å². The zero-order valence-corrected chi connectivity index (χ0v) is 101. The molecule has 0 saturated heterocycles. The number of nitrogens with one attached hydrogen (secondary N) is 2. The van der Waals surface area contributed by atoms with Crippen molar-refractivity contribution in [1.29, 1.82) is 0 Å². The molecule has 4 unspecified atom stereocenters. The number of aryl methyl sites for hydroxylation is 10. The van der Waals surface area contributed by atoms with E-state index in [-0.39, 0.29) is 18.6 Å². The molecule has 2 N–H and O–H groups in total. The van der Waals surface area contributed by atoms with Crippen molar-refractivity contribution in [3.05, 3.63) is 319 Å². The van der Waals surface area contributed by atoms with Crippen LogP contribution in [0.4, 0.5) is 14.9 Å². The number of amides is 2. The fourth-order valence-electron chi connectivity index (χ4n) is 12.9. The van der Waals surface area contributed by atoms with Crippen LogP contribution in [0.2, 0.25) is 0 Å². The summed E-state index contributed by atoms with van der Waals surface area (Å²) in [6.07, 6.45) is 1.31. The topological polar surface area (TPSA) is 353 Å². The second-order valence-electron chi connectivity index (χ2n) is 39.0. The molecular weight excluding hydrogens is 2070 g/mol. The quantitative estimate of drug-likeness (QED) is 0.0292. The van der Waals surface area contributed by atoms with Gasteiger partial charge in [0.25, 0.3) is 5.91 Å². The van der Waals surface area contributed by atoms with Crippen LogP contribution in [0.5, 0.6) is 17.2 Å². The van der Waals surface area contributed by atoms with Gasteiger partial charge in [0, 0.05) is 159 Å². The highest BCUT2D eigenvalue weighted by atomic mass is 31.2. The summed E-state index contributed by atoms with van der Waals surface area (Å²) in [4.78, 5) is 23.0. The zero-order valence-electron chi connectivity index (χ0n) is 91.6. The third kappa shape index (κ3) is 57.2. The molecule has 0 radical (unpaired) electrons. The van der Waals surface area contributed by atoms with Crippen LogP contribution in [0.1, 0.15) is 127 Å². The van der Waals surface area contributed by atoms with Gasteiger partial charge in [-0.15, -0.1) is 0 Å². The molecule has 4 atom stereocenters. The monoisotopic (exact) mass is 2220 g/mol. The van der Waals surface area contributed by atoms with Crippen molar-refractivity contribution in [1.82, 2.24) is 5.32 Å². The molecule has 2 amide bonds. The molecule has 810 valence electrons. The van der Waals surface area contributed by atoms with Crippen molar-refractivity contribution in [2.45, 2.75) is 127 Å². The molecule has 2 aliphatic rings. The lowest BCUT2D eigenvalue weighted by atomic mass is 10.0. The summed E-state index contributed by atoms with van der Waals surface area (Å²) in [5.41, 5.74) is 17.0. The fourth-order valence-corrected chi connectivity index (χ4v) is 19.3. The van der Waals surface area contributed by atoms with Gasteiger partial charge in [0.05, 0.1) is 59.4 Å². The van der Waals surface area contributed by atoms with Gasteiger partial charge in [-0.05, 0) is 185 Å². The van der Waals surface area contributed by atoms with E-state index in [4.69, 9.17) is 54.6 Å². The molecule has 1 fully saturated rings. The summed E-state index contributed by atoms with van der Waals surface area (Å²) in [7, 11) is -20.0. The molecule has 10 aromatic carbocycles. The standard InChI is InChI=1S/C14H21FNO4P.C13H19O2P.C11H14NO3P.C11H13O3P.2C11H17O3P.2C10H15O2P.C9H13O2P.C9H13OP/c1-10-5-6-11(12(15)9-10)13(16-14(17)19-2)7-8-20-21(3,4)18;1-10-4-6-11(7-5-10)13(12-8-9-12)15-16(2,3)14;1-7-4-5-9-8(6-7)10(11(13)12-9)15-16(2,3)14;1-8-7-9-5-4-6-10(11(9)13-8)14-15(2,3)12;1-9-5-6-11(13-2)10(7-9)8-14-15(3,4)12;1-10-4-6-11(7-5-10)13-8-9-14-15(2,3)12;1-9-4-6-10(7-5-9)8-12-13(2,3)11;1-9-5-4-6-10(7-9)8-12-13(2,3)11;1-8-4-6-9(7-5-8)12(3,10)11-2;1-8-4-6-9(7-5-8)11(2,3)10/h5-6,9,13H,7-8H2,1-4H3,(H,16,17);4-7,12-13H,8-9H2,1-3H3;4-6,10H,1-3H3,(H,12,13);4-7H,1-3H3;5-7H,8H2,1-4H3;4-7H,8-9H2,1-3H3;2*4-7H,8H2,1-3H3;4-7H,1-3H3;4-7H,1-3H3. The van der Waals surface area contributed by atoms with Gasteiger partial charge in [-0.2, -0.15) is 0 Å². The van der Waals surface area contributed by atoms with Crippen LogP contribution in [0.3, 0.4) is 0 Å². The number of benzene rings is 10. The maximum atomic E-state index is 14.0. The van der Waals surface area contributed by atoms with Gasteiger partial charge < -0.3 is 74.5 Å². The minimum Gasteiger partial charge on any atom is -0.496 e. The molecule has 27 nitrogen and oxygen atoms in total. The van der Waals surface area contributed by atoms with E-state index in [0.29, 0.717) is 62.3 Å². The smallest absolute Gasteiger partial charge is 0.407 e. The predicted molar refractivity (Wildman–Crippen MR) is 607 cm³/mol. The van der Waals surface area contributed by atoms with E-state index in [0.717, 1.165) is 89.0 Å². The first kappa shape index (κ1) is 131. The molecular formula is C109H157FN2O25P10. The van der Waals surface area contributed by atoms with E-state index in [1.54, 1.807) is 132 Å². The molecule has 1 aliphatic carbocycles. The number of anilines is 1. The molecule has 11 aromatic rings. The first-order valence-electron chi connectivity index (χ1n) is 47.4. The number of hydrogen-bond acceptors (Lipinski definition) is 25. The highest BCUT2D eigenvalue weighted by Gasteiger charge is 2.37. The van der Waals surface area contributed by atoms with Crippen molar-refractivity contribution in [3.8, 4) is 17.2 Å². The molecule has 1 aliphatic heterocycles. The highest BCUT2D eigenvalue weighted by Crippen LogP contribution is 2.53. The van der Waals surface area contributed by atoms with Crippen LogP contribution in [0.25, 0.3) is 11.0 Å². The highest BCUT2D eigenvalue weighted by molar-refractivity contribution is 7.70. The predicted octanol–water partition coefficient (Wildman–Crippen LogP) is 30.2. The van der Waals surface area contributed by atoms with E-state index in [9.17, 15) is 59.6 Å². The Bertz CT molecular complexity index is 6500. The largest absolute Gasteiger partial charge is 0.496 e. The Morgan fingerprint density at radius 1 is 0.429 bits per heavy atom. The second kappa shape index (κ2) is 60.9. The normalized spacial score (nSPS) is 13.7. The Labute approximate surface area is 873 Å². The maximum Gasteiger partial charge on any atom is 0.407 e. The van der Waals surface area contributed by atoms with E-state index >= 15 is 0 Å².